The quantitative estimate of drug-likeness (QED) is 0.769. The summed E-state index contributed by atoms with van der Waals surface area (Å²) in [5.74, 6) is 0.333. The summed E-state index contributed by atoms with van der Waals surface area (Å²) < 4.78 is 5.22. The molecule has 0 aliphatic heterocycles. The van der Waals surface area contributed by atoms with E-state index in [-0.39, 0.29) is 5.91 Å². The van der Waals surface area contributed by atoms with Crippen molar-refractivity contribution in [3.05, 3.63) is 41.2 Å². The molecule has 0 saturated heterocycles. The number of carbonyl (C=O) groups excluding carboxylic acids is 1. The molecule has 0 aliphatic carbocycles. The van der Waals surface area contributed by atoms with Crippen LogP contribution in [0.25, 0.3) is 11.5 Å². The Bertz CT molecular complexity index is 699. The van der Waals surface area contributed by atoms with E-state index in [2.05, 4.69) is 20.5 Å². The lowest BCUT2D eigenvalue weighted by molar-refractivity contribution is 0.102. The lowest BCUT2D eigenvalue weighted by atomic mass is 10.3. The molecule has 0 atom stereocenters. The van der Waals surface area contributed by atoms with Crippen LogP contribution in [0, 0.1) is 6.92 Å². The normalized spacial score (nSPS) is 10.6. The molecule has 19 heavy (non-hydrogen) atoms. The molecule has 0 aromatic carbocycles. The molecule has 7 heteroatoms. The van der Waals surface area contributed by atoms with Crippen LogP contribution in [-0.2, 0) is 0 Å². The maximum Gasteiger partial charge on any atom is 0.277 e. The van der Waals surface area contributed by atoms with Crippen molar-refractivity contribution in [2.45, 2.75) is 6.92 Å². The van der Waals surface area contributed by atoms with Crippen LogP contribution in [0.15, 0.2) is 35.1 Å². The topological polar surface area (TPSA) is 83.8 Å². The number of H-pyrrole nitrogens is 1. The molecule has 0 unspecified atom stereocenters. The van der Waals surface area contributed by atoms with E-state index in [1.165, 1.54) is 11.3 Å². The number of furan rings is 1. The monoisotopic (exact) mass is 274 g/mol. The first-order valence-corrected chi connectivity index (χ1v) is 6.37. The molecule has 6 nitrogen and oxygen atoms in total. The highest BCUT2D eigenvalue weighted by Crippen LogP contribution is 2.20. The van der Waals surface area contributed by atoms with Gasteiger partial charge in [0.1, 0.15) is 5.69 Å². The number of nitrogens with zero attached hydrogens (tertiary/aromatic N) is 2. The van der Waals surface area contributed by atoms with Crippen molar-refractivity contribution in [2.75, 3.05) is 5.32 Å². The standard InChI is InChI=1S/C12H10N4O2S/c1-7-6-13-12(19-7)14-11(17)9-5-8(15-16-9)10-3-2-4-18-10/h2-6H,1H3,(H,15,16)(H,13,14,17). The van der Waals surface area contributed by atoms with E-state index >= 15 is 0 Å². The summed E-state index contributed by atoms with van der Waals surface area (Å²) in [5, 5.41) is 9.97. The number of amides is 1. The Morgan fingerprint density at radius 2 is 2.42 bits per heavy atom. The molecule has 0 spiro atoms. The summed E-state index contributed by atoms with van der Waals surface area (Å²) in [6.45, 7) is 1.93. The number of aromatic nitrogens is 3. The number of aryl methyl sites for hydroxylation is 1. The predicted octanol–water partition coefficient (Wildman–Crippen LogP) is 2.69. The van der Waals surface area contributed by atoms with Crippen LogP contribution in [0.1, 0.15) is 15.4 Å². The van der Waals surface area contributed by atoms with E-state index in [0.717, 1.165) is 4.88 Å². The van der Waals surface area contributed by atoms with Crippen molar-refractivity contribution in [2.24, 2.45) is 0 Å². The van der Waals surface area contributed by atoms with Crippen LogP contribution in [0.2, 0.25) is 0 Å². The zero-order chi connectivity index (χ0) is 13.2. The zero-order valence-electron chi connectivity index (χ0n) is 10.0. The molecule has 0 bridgehead atoms. The van der Waals surface area contributed by atoms with Crippen LogP contribution in [0.3, 0.4) is 0 Å². The summed E-state index contributed by atoms with van der Waals surface area (Å²) >= 11 is 1.42. The van der Waals surface area contributed by atoms with E-state index in [0.29, 0.717) is 22.3 Å². The second-order valence-electron chi connectivity index (χ2n) is 3.87. The smallest absolute Gasteiger partial charge is 0.277 e. The highest BCUT2D eigenvalue weighted by Gasteiger charge is 2.14. The highest BCUT2D eigenvalue weighted by molar-refractivity contribution is 7.15. The van der Waals surface area contributed by atoms with Crippen LogP contribution in [0.4, 0.5) is 5.13 Å². The van der Waals surface area contributed by atoms with E-state index in [9.17, 15) is 4.79 Å². The second kappa shape index (κ2) is 4.69. The number of hydrogen-bond donors (Lipinski definition) is 2. The average Bonchev–Trinajstić information content (AvgIpc) is 3.08. The Morgan fingerprint density at radius 3 is 3.11 bits per heavy atom. The fraction of sp³-hybridized carbons (Fsp3) is 0.0833. The van der Waals surface area contributed by atoms with Crippen LogP contribution >= 0.6 is 11.3 Å². The Morgan fingerprint density at radius 1 is 1.53 bits per heavy atom. The number of carbonyl (C=O) groups is 1. The van der Waals surface area contributed by atoms with Crippen molar-refractivity contribution in [1.29, 1.82) is 0 Å². The van der Waals surface area contributed by atoms with Crippen molar-refractivity contribution in [1.82, 2.24) is 15.2 Å². The van der Waals surface area contributed by atoms with Gasteiger partial charge in [-0.1, -0.05) is 0 Å². The predicted molar refractivity (Wildman–Crippen MR) is 71.1 cm³/mol. The van der Waals surface area contributed by atoms with Crippen LogP contribution in [-0.4, -0.2) is 21.1 Å². The van der Waals surface area contributed by atoms with Gasteiger partial charge in [0.15, 0.2) is 16.6 Å². The summed E-state index contributed by atoms with van der Waals surface area (Å²) in [6, 6.07) is 5.20. The number of rotatable bonds is 3. The minimum atomic E-state index is -0.302. The van der Waals surface area contributed by atoms with Gasteiger partial charge in [-0.2, -0.15) is 5.10 Å². The number of hydrogen-bond acceptors (Lipinski definition) is 5. The molecule has 1 amide bonds. The number of thiazole rings is 1. The van der Waals surface area contributed by atoms with Gasteiger partial charge in [0.2, 0.25) is 0 Å². The third kappa shape index (κ3) is 2.41. The first kappa shape index (κ1) is 11.7. The molecule has 0 saturated carbocycles. The third-order valence-electron chi connectivity index (χ3n) is 2.44. The molecule has 3 aromatic rings. The van der Waals surface area contributed by atoms with Gasteiger partial charge in [-0.25, -0.2) is 4.98 Å². The van der Waals surface area contributed by atoms with Gasteiger partial charge >= 0.3 is 0 Å². The van der Waals surface area contributed by atoms with Crippen LogP contribution in [0.5, 0.6) is 0 Å². The van der Waals surface area contributed by atoms with Gasteiger partial charge in [-0.05, 0) is 19.1 Å². The van der Waals surface area contributed by atoms with E-state index in [1.54, 1.807) is 30.7 Å². The Balaban J connectivity index is 1.77. The highest BCUT2D eigenvalue weighted by atomic mass is 32.1. The molecule has 3 heterocycles. The maximum absolute atomic E-state index is 11.9. The fourth-order valence-corrected chi connectivity index (χ4v) is 2.23. The number of aromatic amines is 1. The summed E-state index contributed by atoms with van der Waals surface area (Å²) in [7, 11) is 0. The summed E-state index contributed by atoms with van der Waals surface area (Å²) in [5.41, 5.74) is 0.949. The maximum atomic E-state index is 11.9. The van der Waals surface area contributed by atoms with E-state index in [1.807, 2.05) is 6.92 Å². The Labute approximate surface area is 112 Å². The first-order chi connectivity index (χ1) is 9.22. The van der Waals surface area contributed by atoms with Crippen LogP contribution < -0.4 is 5.32 Å². The lowest BCUT2D eigenvalue weighted by Crippen LogP contribution is -2.11. The van der Waals surface area contributed by atoms with Crippen molar-refractivity contribution in [3.63, 3.8) is 0 Å². The Hall–Kier alpha value is -2.41. The second-order valence-corrected chi connectivity index (χ2v) is 5.11. The lowest BCUT2D eigenvalue weighted by Gasteiger charge is -1.96. The summed E-state index contributed by atoms with van der Waals surface area (Å²) in [4.78, 5) is 17.1. The average molecular weight is 274 g/mol. The minimum Gasteiger partial charge on any atom is -0.463 e. The van der Waals surface area contributed by atoms with Gasteiger partial charge < -0.3 is 4.42 Å². The van der Waals surface area contributed by atoms with Gasteiger partial charge in [-0.3, -0.25) is 15.2 Å². The first-order valence-electron chi connectivity index (χ1n) is 5.55. The molecule has 0 radical (unpaired) electrons. The third-order valence-corrected chi connectivity index (χ3v) is 3.27. The molecule has 0 fully saturated rings. The van der Waals surface area contributed by atoms with Gasteiger partial charge in [0.25, 0.3) is 5.91 Å². The van der Waals surface area contributed by atoms with Crippen molar-refractivity contribution < 1.29 is 9.21 Å². The molecular weight excluding hydrogens is 264 g/mol. The van der Waals surface area contributed by atoms with Crippen molar-refractivity contribution in [3.8, 4) is 11.5 Å². The largest absolute Gasteiger partial charge is 0.463 e. The molecular formula is C12H10N4O2S. The number of anilines is 1. The van der Waals surface area contributed by atoms with Crippen molar-refractivity contribution >= 4 is 22.4 Å². The summed E-state index contributed by atoms with van der Waals surface area (Å²) in [6.07, 6.45) is 3.27. The van der Waals surface area contributed by atoms with Gasteiger partial charge in [-0.15, -0.1) is 11.3 Å². The molecule has 3 rings (SSSR count). The minimum absolute atomic E-state index is 0.291. The molecule has 2 N–H and O–H groups in total. The van der Waals surface area contributed by atoms with Gasteiger partial charge in [0, 0.05) is 17.1 Å². The molecule has 96 valence electrons. The SMILES string of the molecule is Cc1cnc(NC(=O)c2cc(-c3ccco3)[nH]n2)s1. The zero-order valence-corrected chi connectivity index (χ0v) is 10.8. The molecule has 0 aliphatic rings. The Kier molecular flexibility index (Phi) is 2.88. The van der Waals surface area contributed by atoms with Gasteiger partial charge in [0.05, 0.1) is 6.26 Å². The van der Waals surface area contributed by atoms with E-state index in [4.69, 9.17) is 4.42 Å². The molecule has 3 aromatic heterocycles. The fourth-order valence-electron chi connectivity index (χ4n) is 1.57. The van der Waals surface area contributed by atoms with E-state index < -0.39 is 0 Å². The number of nitrogens with one attached hydrogen (secondary N) is 2.